The van der Waals surface area contributed by atoms with Crippen LogP contribution in [-0.2, 0) is 6.42 Å². The van der Waals surface area contributed by atoms with Crippen molar-refractivity contribution in [2.75, 3.05) is 0 Å². The molecule has 0 aliphatic carbocycles. The highest BCUT2D eigenvalue weighted by Crippen LogP contribution is 2.11. The lowest BCUT2D eigenvalue weighted by atomic mass is 10.0. The summed E-state index contributed by atoms with van der Waals surface area (Å²) in [5.74, 6) is 0. The second kappa shape index (κ2) is 8.40. The summed E-state index contributed by atoms with van der Waals surface area (Å²) >= 11 is 0. The first kappa shape index (κ1) is 13.3. The SMILES string of the molecule is CCCCCCCCC(N)Cc1ccoc1. The molecule has 0 amide bonds. The van der Waals surface area contributed by atoms with Gasteiger partial charge in [-0.2, -0.15) is 0 Å². The Morgan fingerprint density at radius 1 is 1.19 bits per heavy atom. The van der Waals surface area contributed by atoms with Gasteiger partial charge in [0.25, 0.3) is 0 Å². The molecule has 1 heterocycles. The van der Waals surface area contributed by atoms with Gasteiger partial charge in [-0.3, -0.25) is 0 Å². The summed E-state index contributed by atoms with van der Waals surface area (Å²) in [5, 5.41) is 0. The molecular weight excluding hydrogens is 198 g/mol. The Balaban J connectivity index is 1.96. The molecule has 0 saturated carbocycles. The molecule has 1 unspecified atom stereocenters. The van der Waals surface area contributed by atoms with E-state index in [9.17, 15) is 0 Å². The van der Waals surface area contributed by atoms with Crippen molar-refractivity contribution in [1.29, 1.82) is 0 Å². The van der Waals surface area contributed by atoms with Crippen molar-refractivity contribution < 1.29 is 4.42 Å². The molecule has 0 bridgehead atoms. The van der Waals surface area contributed by atoms with E-state index in [0.29, 0.717) is 6.04 Å². The zero-order valence-electron chi connectivity index (χ0n) is 10.5. The van der Waals surface area contributed by atoms with Crippen LogP contribution in [0.2, 0.25) is 0 Å². The number of hydrogen-bond acceptors (Lipinski definition) is 2. The summed E-state index contributed by atoms with van der Waals surface area (Å²) in [6.45, 7) is 2.25. The van der Waals surface area contributed by atoms with Crippen LogP contribution < -0.4 is 5.73 Å². The van der Waals surface area contributed by atoms with Gasteiger partial charge in [-0.15, -0.1) is 0 Å². The van der Waals surface area contributed by atoms with Crippen molar-refractivity contribution >= 4 is 0 Å². The van der Waals surface area contributed by atoms with Gasteiger partial charge in [0.15, 0.2) is 0 Å². The predicted octanol–water partition coefficient (Wildman–Crippen LogP) is 3.90. The van der Waals surface area contributed by atoms with Crippen molar-refractivity contribution in [3.05, 3.63) is 24.2 Å². The first-order chi connectivity index (χ1) is 7.83. The van der Waals surface area contributed by atoms with Gasteiger partial charge in [-0.25, -0.2) is 0 Å². The maximum absolute atomic E-state index is 6.06. The van der Waals surface area contributed by atoms with Crippen LogP contribution in [-0.4, -0.2) is 6.04 Å². The maximum Gasteiger partial charge on any atom is 0.0935 e. The predicted molar refractivity (Wildman–Crippen MR) is 68.4 cm³/mol. The van der Waals surface area contributed by atoms with Crippen molar-refractivity contribution in [3.8, 4) is 0 Å². The number of hydrogen-bond donors (Lipinski definition) is 1. The van der Waals surface area contributed by atoms with E-state index in [0.717, 1.165) is 12.8 Å². The molecule has 1 aromatic heterocycles. The molecule has 2 heteroatoms. The Morgan fingerprint density at radius 2 is 1.94 bits per heavy atom. The van der Waals surface area contributed by atoms with E-state index < -0.39 is 0 Å². The zero-order valence-corrected chi connectivity index (χ0v) is 10.5. The van der Waals surface area contributed by atoms with Crippen LogP contribution in [0.15, 0.2) is 23.0 Å². The lowest BCUT2D eigenvalue weighted by molar-refractivity contribution is 0.526. The molecule has 0 saturated heterocycles. The molecule has 2 N–H and O–H groups in total. The fraction of sp³-hybridized carbons (Fsp3) is 0.714. The standard InChI is InChI=1S/C14H25NO/c1-2-3-4-5-6-7-8-14(15)11-13-9-10-16-12-13/h9-10,12,14H,2-8,11,15H2,1H3. The molecule has 0 radical (unpaired) electrons. The third kappa shape index (κ3) is 5.96. The molecule has 2 nitrogen and oxygen atoms in total. The second-order valence-corrected chi connectivity index (χ2v) is 4.65. The Morgan fingerprint density at radius 3 is 2.62 bits per heavy atom. The van der Waals surface area contributed by atoms with Crippen LogP contribution >= 0.6 is 0 Å². The fourth-order valence-corrected chi connectivity index (χ4v) is 2.00. The van der Waals surface area contributed by atoms with Gasteiger partial charge in [0.1, 0.15) is 0 Å². The first-order valence-electron chi connectivity index (χ1n) is 6.59. The van der Waals surface area contributed by atoms with Crippen LogP contribution in [0.5, 0.6) is 0 Å². The van der Waals surface area contributed by atoms with Gasteiger partial charge in [0, 0.05) is 6.04 Å². The van der Waals surface area contributed by atoms with E-state index in [1.807, 2.05) is 6.07 Å². The Kier molecular flexibility index (Phi) is 6.98. The number of rotatable bonds is 9. The maximum atomic E-state index is 6.06. The minimum Gasteiger partial charge on any atom is -0.472 e. The Bertz CT molecular complexity index is 243. The van der Waals surface area contributed by atoms with Gasteiger partial charge < -0.3 is 10.2 Å². The summed E-state index contributed by atoms with van der Waals surface area (Å²) in [5.41, 5.74) is 7.28. The second-order valence-electron chi connectivity index (χ2n) is 4.65. The van der Waals surface area contributed by atoms with E-state index in [1.54, 1.807) is 12.5 Å². The minimum absolute atomic E-state index is 0.295. The molecule has 1 aromatic rings. The van der Waals surface area contributed by atoms with Crippen LogP contribution in [0.4, 0.5) is 0 Å². The smallest absolute Gasteiger partial charge is 0.0935 e. The van der Waals surface area contributed by atoms with Crippen LogP contribution in [0.3, 0.4) is 0 Å². The average molecular weight is 223 g/mol. The number of nitrogens with two attached hydrogens (primary N) is 1. The summed E-state index contributed by atoms with van der Waals surface area (Å²) in [4.78, 5) is 0. The third-order valence-electron chi connectivity index (χ3n) is 3.01. The molecule has 0 fully saturated rings. The molecular formula is C14H25NO. The van der Waals surface area contributed by atoms with Gasteiger partial charge in [0.2, 0.25) is 0 Å². The van der Waals surface area contributed by atoms with Crippen molar-refractivity contribution in [2.45, 2.75) is 64.3 Å². The molecule has 1 rings (SSSR count). The van der Waals surface area contributed by atoms with E-state index in [4.69, 9.17) is 10.2 Å². The van der Waals surface area contributed by atoms with Gasteiger partial charge >= 0.3 is 0 Å². The highest BCUT2D eigenvalue weighted by molar-refractivity contribution is 5.06. The van der Waals surface area contributed by atoms with Crippen LogP contribution in [0.1, 0.15) is 57.4 Å². The van der Waals surface area contributed by atoms with E-state index in [2.05, 4.69) is 6.92 Å². The molecule has 16 heavy (non-hydrogen) atoms. The molecule has 1 atom stereocenters. The quantitative estimate of drug-likeness (QED) is 0.645. The highest BCUT2D eigenvalue weighted by Gasteiger charge is 2.04. The van der Waals surface area contributed by atoms with E-state index in [-0.39, 0.29) is 0 Å². The molecule has 0 aliphatic heterocycles. The molecule has 0 spiro atoms. The van der Waals surface area contributed by atoms with Gasteiger partial charge in [-0.05, 0) is 24.5 Å². The summed E-state index contributed by atoms with van der Waals surface area (Å²) in [6, 6.07) is 2.30. The largest absolute Gasteiger partial charge is 0.472 e. The number of furan rings is 1. The van der Waals surface area contributed by atoms with E-state index in [1.165, 1.54) is 44.1 Å². The molecule has 0 aliphatic rings. The Labute approximate surface area is 99.2 Å². The van der Waals surface area contributed by atoms with Gasteiger partial charge in [-0.1, -0.05) is 45.4 Å². The lowest BCUT2D eigenvalue weighted by Crippen LogP contribution is -2.22. The number of unbranched alkanes of at least 4 members (excludes halogenated alkanes) is 5. The summed E-state index contributed by atoms with van der Waals surface area (Å²) in [7, 11) is 0. The molecule has 92 valence electrons. The summed E-state index contributed by atoms with van der Waals surface area (Å²) in [6.07, 6.45) is 13.6. The van der Waals surface area contributed by atoms with Crippen LogP contribution in [0.25, 0.3) is 0 Å². The average Bonchev–Trinajstić information content (AvgIpc) is 2.76. The minimum atomic E-state index is 0.295. The van der Waals surface area contributed by atoms with Crippen molar-refractivity contribution in [1.82, 2.24) is 0 Å². The fourth-order valence-electron chi connectivity index (χ4n) is 2.00. The van der Waals surface area contributed by atoms with Gasteiger partial charge in [0.05, 0.1) is 12.5 Å². The Hall–Kier alpha value is -0.760. The zero-order chi connectivity index (χ0) is 11.6. The molecule has 0 aromatic carbocycles. The van der Waals surface area contributed by atoms with Crippen LogP contribution in [0, 0.1) is 0 Å². The third-order valence-corrected chi connectivity index (χ3v) is 3.01. The summed E-state index contributed by atoms with van der Waals surface area (Å²) < 4.78 is 5.03. The first-order valence-corrected chi connectivity index (χ1v) is 6.59. The topological polar surface area (TPSA) is 39.2 Å². The van der Waals surface area contributed by atoms with Crippen molar-refractivity contribution in [3.63, 3.8) is 0 Å². The normalized spacial score (nSPS) is 12.9. The lowest BCUT2D eigenvalue weighted by Gasteiger charge is -2.09. The highest BCUT2D eigenvalue weighted by atomic mass is 16.3. The monoisotopic (exact) mass is 223 g/mol. The van der Waals surface area contributed by atoms with Crippen molar-refractivity contribution in [2.24, 2.45) is 5.73 Å². The van der Waals surface area contributed by atoms with E-state index >= 15 is 0 Å².